The minimum Gasteiger partial charge on any atom is -0.423 e. The van der Waals surface area contributed by atoms with Crippen LogP contribution in [0.3, 0.4) is 0 Å². The predicted molar refractivity (Wildman–Crippen MR) is 115 cm³/mol. The van der Waals surface area contributed by atoms with Crippen molar-refractivity contribution in [1.29, 1.82) is 0 Å². The Hall–Kier alpha value is -1.77. The highest BCUT2D eigenvalue weighted by atomic mass is 32.2. The Morgan fingerprint density at radius 1 is 1.03 bits per heavy atom. The van der Waals surface area contributed by atoms with Gasteiger partial charge in [-0.3, -0.25) is 4.90 Å². The van der Waals surface area contributed by atoms with Gasteiger partial charge in [-0.2, -0.15) is 4.31 Å². The lowest BCUT2D eigenvalue weighted by molar-refractivity contribution is 0.183. The third kappa shape index (κ3) is 4.60. The van der Waals surface area contributed by atoms with E-state index in [2.05, 4.69) is 46.3 Å². The molecule has 0 N–H and O–H groups in total. The number of hydrogen-bond acceptors (Lipinski definition) is 6. The molecule has 2 aliphatic rings. The summed E-state index contributed by atoms with van der Waals surface area (Å²) < 4.78 is 32.6. The zero-order valence-corrected chi connectivity index (χ0v) is 18.8. The van der Waals surface area contributed by atoms with Gasteiger partial charge in [0.15, 0.2) is 0 Å². The van der Waals surface area contributed by atoms with E-state index in [1.54, 1.807) is 11.2 Å². The van der Waals surface area contributed by atoms with E-state index in [4.69, 9.17) is 4.42 Å². The van der Waals surface area contributed by atoms with Crippen molar-refractivity contribution in [2.45, 2.75) is 64.5 Å². The molecule has 0 unspecified atom stereocenters. The molecule has 2 aromatic rings. The molecule has 0 radical (unpaired) electrons. The zero-order chi connectivity index (χ0) is 21.1. The van der Waals surface area contributed by atoms with Crippen LogP contribution in [0, 0.1) is 6.92 Å². The molecule has 2 fully saturated rings. The Morgan fingerprint density at radius 3 is 2.50 bits per heavy atom. The molecule has 3 heterocycles. The molecule has 30 heavy (non-hydrogen) atoms. The lowest BCUT2D eigenvalue weighted by atomic mass is 9.96. The first-order valence-corrected chi connectivity index (χ1v) is 12.7. The number of nitrogens with zero attached hydrogens (tertiary/aromatic N) is 4. The number of aryl methyl sites for hydroxylation is 1. The van der Waals surface area contributed by atoms with Gasteiger partial charge >= 0.3 is 0 Å². The molecule has 164 valence electrons. The second-order valence-corrected chi connectivity index (χ2v) is 10.7. The number of benzene rings is 1. The average molecular weight is 433 g/mol. The second kappa shape index (κ2) is 9.16. The molecule has 1 aromatic heterocycles. The fourth-order valence-electron chi connectivity index (χ4n) is 4.56. The van der Waals surface area contributed by atoms with Crippen LogP contribution in [0.15, 0.2) is 28.7 Å². The predicted octanol–water partition coefficient (Wildman–Crippen LogP) is 3.63. The van der Waals surface area contributed by atoms with Crippen LogP contribution in [0.5, 0.6) is 0 Å². The molecule has 2 aliphatic heterocycles. The van der Waals surface area contributed by atoms with Crippen molar-refractivity contribution in [2.24, 2.45) is 0 Å². The molecule has 7 nitrogen and oxygen atoms in total. The van der Waals surface area contributed by atoms with Gasteiger partial charge < -0.3 is 4.42 Å². The van der Waals surface area contributed by atoms with Gasteiger partial charge in [0.1, 0.15) is 6.04 Å². The summed E-state index contributed by atoms with van der Waals surface area (Å²) in [5, 5.41) is 8.60. The Bertz CT molecular complexity index is 951. The van der Waals surface area contributed by atoms with E-state index in [9.17, 15) is 8.42 Å². The first-order valence-electron chi connectivity index (χ1n) is 11.1. The van der Waals surface area contributed by atoms with Gasteiger partial charge in [0, 0.05) is 19.0 Å². The Balaban J connectivity index is 1.39. The highest BCUT2D eigenvalue weighted by Gasteiger charge is 2.36. The number of rotatable bonds is 6. The molecule has 1 atom stereocenters. The third-order valence-electron chi connectivity index (χ3n) is 6.51. The molecule has 8 heteroatoms. The van der Waals surface area contributed by atoms with Crippen LogP contribution in [-0.4, -0.2) is 53.2 Å². The largest absolute Gasteiger partial charge is 0.423 e. The summed E-state index contributed by atoms with van der Waals surface area (Å²) in [6, 6.07) is 8.23. The van der Waals surface area contributed by atoms with Gasteiger partial charge in [0.05, 0.1) is 5.75 Å². The minimum absolute atomic E-state index is 0.101. The maximum atomic E-state index is 12.5. The van der Waals surface area contributed by atoms with Crippen molar-refractivity contribution in [1.82, 2.24) is 19.4 Å². The quantitative estimate of drug-likeness (QED) is 0.693. The highest BCUT2D eigenvalue weighted by molar-refractivity contribution is 7.89. The normalized spacial score (nSPS) is 22.4. The smallest absolute Gasteiger partial charge is 0.234 e. The lowest BCUT2D eigenvalue weighted by Crippen LogP contribution is -2.39. The Morgan fingerprint density at radius 2 is 1.77 bits per heavy atom. The molecule has 0 saturated carbocycles. The van der Waals surface area contributed by atoms with Crippen molar-refractivity contribution in [3.8, 4) is 0 Å². The molecule has 0 bridgehead atoms. The number of likely N-dealkylation sites (tertiary alicyclic amines) is 1. The van der Waals surface area contributed by atoms with Crippen molar-refractivity contribution < 1.29 is 12.8 Å². The molecular formula is C22H32N4O3S. The van der Waals surface area contributed by atoms with Gasteiger partial charge in [0.25, 0.3) is 0 Å². The monoisotopic (exact) mass is 432 g/mol. The molecular weight excluding hydrogens is 400 g/mol. The molecule has 2 saturated heterocycles. The average Bonchev–Trinajstić information content (AvgIpc) is 3.26. The van der Waals surface area contributed by atoms with E-state index < -0.39 is 10.0 Å². The van der Waals surface area contributed by atoms with Crippen molar-refractivity contribution in [3.05, 3.63) is 47.2 Å². The first-order chi connectivity index (χ1) is 14.5. The maximum Gasteiger partial charge on any atom is 0.234 e. The summed E-state index contributed by atoms with van der Waals surface area (Å²) in [4.78, 5) is 2.48. The summed E-state index contributed by atoms with van der Waals surface area (Å²) >= 11 is 0. The molecule has 4 rings (SSSR count). The van der Waals surface area contributed by atoms with Crippen LogP contribution in [0.2, 0.25) is 0 Å². The van der Waals surface area contributed by atoms with Crippen LogP contribution in [0.25, 0.3) is 0 Å². The van der Waals surface area contributed by atoms with E-state index in [0.29, 0.717) is 18.3 Å². The topological polar surface area (TPSA) is 79.5 Å². The summed E-state index contributed by atoms with van der Waals surface area (Å²) in [6.07, 6.45) is 4.57. The highest BCUT2D eigenvalue weighted by Crippen LogP contribution is 2.35. The van der Waals surface area contributed by atoms with E-state index in [0.717, 1.165) is 51.7 Å². The van der Waals surface area contributed by atoms with E-state index in [1.165, 1.54) is 11.1 Å². The molecule has 0 aliphatic carbocycles. The van der Waals surface area contributed by atoms with Crippen LogP contribution in [-0.2, 0) is 16.6 Å². The van der Waals surface area contributed by atoms with Gasteiger partial charge in [-0.15, -0.1) is 10.2 Å². The second-order valence-electron chi connectivity index (χ2n) is 8.48. The van der Waals surface area contributed by atoms with Gasteiger partial charge in [-0.25, -0.2) is 8.42 Å². The van der Waals surface area contributed by atoms with E-state index >= 15 is 0 Å². The van der Waals surface area contributed by atoms with Crippen LogP contribution in [0.4, 0.5) is 0 Å². The lowest BCUT2D eigenvalue weighted by Gasteiger charge is -2.32. The fraction of sp³-hybridized carbons (Fsp3) is 0.636. The van der Waals surface area contributed by atoms with Crippen LogP contribution in [0.1, 0.15) is 73.9 Å². The Labute approximate surface area is 179 Å². The van der Waals surface area contributed by atoms with Crippen molar-refractivity contribution >= 4 is 10.0 Å². The number of piperidine rings is 2. The number of sulfonamides is 1. The van der Waals surface area contributed by atoms with Crippen molar-refractivity contribution in [2.75, 3.05) is 25.4 Å². The maximum absolute atomic E-state index is 12.5. The van der Waals surface area contributed by atoms with E-state index in [-0.39, 0.29) is 17.7 Å². The summed E-state index contributed by atoms with van der Waals surface area (Å²) in [5.74, 6) is 1.48. The van der Waals surface area contributed by atoms with Crippen LogP contribution >= 0.6 is 0 Å². The summed E-state index contributed by atoms with van der Waals surface area (Å²) in [5.41, 5.74) is 2.71. The van der Waals surface area contributed by atoms with Gasteiger partial charge in [-0.1, -0.05) is 30.7 Å². The summed E-state index contributed by atoms with van der Waals surface area (Å²) in [6.45, 7) is 7.35. The molecule has 0 amide bonds. The SMILES string of the molecule is CCS(=O)(=O)N1CCCC[C@H]1c1nnc(C2CCN(Cc3ccccc3C)CC2)o1. The van der Waals surface area contributed by atoms with Crippen molar-refractivity contribution in [3.63, 3.8) is 0 Å². The minimum atomic E-state index is -3.28. The molecule has 0 spiro atoms. The van der Waals surface area contributed by atoms with Crippen LogP contribution < -0.4 is 0 Å². The molecule has 1 aromatic carbocycles. The van der Waals surface area contributed by atoms with Gasteiger partial charge in [-0.05, 0) is 63.7 Å². The van der Waals surface area contributed by atoms with Gasteiger partial charge in [0.2, 0.25) is 21.8 Å². The zero-order valence-electron chi connectivity index (χ0n) is 18.0. The fourth-order valence-corrected chi connectivity index (χ4v) is 5.89. The summed E-state index contributed by atoms with van der Waals surface area (Å²) in [7, 11) is -3.28. The van der Waals surface area contributed by atoms with E-state index in [1.807, 2.05) is 0 Å². The first kappa shape index (κ1) is 21.5. The number of hydrogen-bond donors (Lipinski definition) is 0. The number of aromatic nitrogens is 2. The standard InChI is InChI=1S/C22H32N4O3S/c1-3-30(27,28)26-13-7-6-10-20(26)22-24-23-21(29-22)18-11-14-25(15-12-18)16-19-9-5-4-8-17(19)2/h4-5,8-9,18,20H,3,6-7,10-16H2,1-2H3/t20-/m0/s1. The Kier molecular flexibility index (Phi) is 6.55. The third-order valence-corrected chi connectivity index (χ3v) is 8.39.